The number of methoxy groups -OCH3 is 1. The van der Waals surface area contributed by atoms with Crippen LogP contribution < -0.4 is 0 Å². The normalized spacial score (nSPS) is 15.4. The van der Waals surface area contributed by atoms with Crippen LogP contribution >= 0.6 is 0 Å². The summed E-state index contributed by atoms with van der Waals surface area (Å²) in [5.74, 6) is 0.0989. The van der Waals surface area contributed by atoms with E-state index in [0.717, 1.165) is 0 Å². The van der Waals surface area contributed by atoms with Crippen molar-refractivity contribution in [3.63, 3.8) is 0 Å². The minimum absolute atomic E-state index is 0.126. The van der Waals surface area contributed by atoms with Crippen molar-refractivity contribution in [3.8, 4) is 5.82 Å². The number of carbonyl (C=O) groups excluding carboxylic acids is 2. The van der Waals surface area contributed by atoms with Gasteiger partial charge in [-0.1, -0.05) is 0 Å². The SMILES string of the molecule is COC(=O)C1CCN(C(=O)c2ccc(-n3ccnc3)nn2)CC1. The standard InChI is InChI=1S/C15H17N5O3/c1-23-15(22)11-4-7-19(8-5-11)14(21)12-2-3-13(18-17-12)20-9-6-16-10-20/h2-3,6,9-11H,4-5,7-8H2,1H3. The van der Waals surface area contributed by atoms with Crippen molar-refractivity contribution in [2.45, 2.75) is 12.8 Å². The summed E-state index contributed by atoms with van der Waals surface area (Å²) in [6.45, 7) is 1.03. The molecule has 1 aliphatic heterocycles. The Kier molecular flexibility index (Phi) is 4.31. The summed E-state index contributed by atoms with van der Waals surface area (Å²) >= 11 is 0. The predicted molar refractivity (Wildman–Crippen MR) is 79.8 cm³/mol. The van der Waals surface area contributed by atoms with Gasteiger partial charge in [-0.05, 0) is 25.0 Å². The Labute approximate surface area is 133 Å². The predicted octanol–water partition coefficient (Wildman–Crippen LogP) is 0.687. The van der Waals surface area contributed by atoms with Gasteiger partial charge in [-0.3, -0.25) is 14.2 Å². The summed E-state index contributed by atoms with van der Waals surface area (Å²) in [6, 6.07) is 3.38. The second-order valence-corrected chi connectivity index (χ2v) is 5.34. The quantitative estimate of drug-likeness (QED) is 0.774. The number of nitrogens with zero attached hydrogens (tertiary/aromatic N) is 5. The highest BCUT2D eigenvalue weighted by Crippen LogP contribution is 2.19. The minimum atomic E-state index is -0.207. The van der Waals surface area contributed by atoms with E-state index in [2.05, 4.69) is 15.2 Å². The molecular formula is C15H17N5O3. The molecule has 0 N–H and O–H groups in total. The summed E-state index contributed by atoms with van der Waals surface area (Å²) < 4.78 is 6.46. The second-order valence-electron chi connectivity index (χ2n) is 5.34. The number of imidazole rings is 1. The number of hydrogen-bond acceptors (Lipinski definition) is 6. The van der Waals surface area contributed by atoms with Crippen molar-refractivity contribution in [1.29, 1.82) is 0 Å². The van der Waals surface area contributed by atoms with Crippen molar-refractivity contribution in [2.24, 2.45) is 5.92 Å². The van der Waals surface area contributed by atoms with Crippen molar-refractivity contribution >= 4 is 11.9 Å². The van der Waals surface area contributed by atoms with Crippen molar-refractivity contribution in [2.75, 3.05) is 20.2 Å². The number of aromatic nitrogens is 4. The average Bonchev–Trinajstić information content (AvgIpc) is 3.15. The van der Waals surface area contributed by atoms with Crippen LogP contribution in [0.15, 0.2) is 30.9 Å². The van der Waals surface area contributed by atoms with E-state index in [1.54, 1.807) is 40.3 Å². The van der Waals surface area contributed by atoms with E-state index < -0.39 is 0 Å². The van der Waals surface area contributed by atoms with Crippen molar-refractivity contribution in [1.82, 2.24) is 24.6 Å². The Morgan fingerprint density at radius 2 is 2.00 bits per heavy atom. The molecule has 2 aromatic rings. The topological polar surface area (TPSA) is 90.2 Å². The molecule has 8 heteroatoms. The zero-order chi connectivity index (χ0) is 16.2. The molecule has 0 aromatic carbocycles. The molecule has 0 atom stereocenters. The zero-order valence-corrected chi connectivity index (χ0v) is 12.8. The molecule has 8 nitrogen and oxygen atoms in total. The molecule has 120 valence electrons. The first-order chi connectivity index (χ1) is 11.2. The Balaban J connectivity index is 1.64. The fourth-order valence-electron chi connectivity index (χ4n) is 2.62. The van der Waals surface area contributed by atoms with Gasteiger partial charge in [0, 0.05) is 25.5 Å². The molecule has 0 radical (unpaired) electrons. The van der Waals surface area contributed by atoms with Crippen LogP contribution in [0.5, 0.6) is 0 Å². The molecule has 1 saturated heterocycles. The van der Waals surface area contributed by atoms with Crippen LogP contribution in [0.1, 0.15) is 23.3 Å². The van der Waals surface area contributed by atoms with Gasteiger partial charge < -0.3 is 9.64 Å². The van der Waals surface area contributed by atoms with Crippen LogP contribution in [0.25, 0.3) is 5.82 Å². The molecular weight excluding hydrogens is 298 g/mol. The van der Waals surface area contributed by atoms with Gasteiger partial charge in [0.2, 0.25) is 0 Å². The fourth-order valence-corrected chi connectivity index (χ4v) is 2.62. The van der Waals surface area contributed by atoms with Crippen LogP contribution in [0.2, 0.25) is 0 Å². The molecule has 1 aliphatic rings. The summed E-state index contributed by atoms with van der Waals surface area (Å²) in [7, 11) is 1.39. The number of rotatable bonds is 3. The van der Waals surface area contributed by atoms with E-state index in [4.69, 9.17) is 4.74 Å². The van der Waals surface area contributed by atoms with E-state index in [-0.39, 0.29) is 17.8 Å². The third-order valence-corrected chi connectivity index (χ3v) is 3.96. The maximum absolute atomic E-state index is 12.4. The molecule has 0 spiro atoms. The lowest BCUT2D eigenvalue weighted by Gasteiger charge is -2.30. The number of amides is 1. The van der Waals surface area contributed by atoms with Crippen molar-refractivity contribution in [3.05, 3.63) is 36.5 Å². The van der Waals surface area contributed by atoms with Gasteiger partial charge in [0.15, 0.2) is 11.5 Å². The van der Waals surface area contributed by atoms with E-state index in [0.29, 0.717) is 37.4 Å². The molecule has 3 heterocycles. The highest BCUT2D eigenvalue weighted by molar-refractivity contribution is 5.92. The van der Waals surface area contributed by atoms with Crippen LogP contribution in [0, 0.1) is 5.92 Å². The average molecular weight is 315 g/mol. The highest BCUT2D eigenvalue weighted by Gasteiger charge is 2.28. The molecule has 0 saturated carbocycles. The Bertz CT molecular complexity index is 676. The molecule has 0 unspecified atom stereocenters. The van der Waals surface area contributed by atoms with Crippen molar-refractivity contribution < 1.29 is 14.3 Å². The number of likely N-dealkylation sites (tertiary alicyclic amines) is 1. The lowest BCUT2D eigenvalue weighted by Crippen LogP contribution is -2.40. The summed E-state index contributed by atoms with van der Waals surface area (Å²) in [4.78, 5) is 29.6. The Morgan fingerprint density at radius 3 is 2.57 bits per heavy atom. The third-order valence-electron chi connectivity index (χ3n) is 3.96. The minimum Gasteiger partial charge on any atom is -0.469 e. The summed E-state index contributed by atoms with van der Waals surface area (Å²) in [6.07, 6.45) is 6.23. The maximum Gasteiger partial charge on any atom is 0.308 e. The maximum atomic E-state index is 12.4. The third kappa shape index (κ3) is 3.20. The molecule has 1 fully saturated rings. The van der Waals surface area contributed by atoms with Gasteiger partial charge in [0.05, 0.1) is 13.0 Å². The summed E-state index contributed by atoms with van der Waals surface area (Å²) in [5.41, 5.74) is 0.297. The fraction of sp³-hybridized carbons (Fsp3) is 0.400. The highest BCUT2D eigenvalue weighted by atomic mass is 16.5. The van der Waals surface area contributed by atoms with Gasteiger partial charge in [-0.2, -0.15) is 0 Å². The number of esters is 1. The number of piperidine rings is 1. The van der Waals surface area contributed by atoms with Gasteiger partial charge in [0.25, 0.3) is 5.91 Å². The first-order valence-electron chi connectivity index (χ1n) is 7.38. The van der Waals surface area contributed by atoms with Gasteiger partial charge in [-0.15, -0.1) is 10.2 Å². The zero-order valence-electron chi connectivity index (χ0n) is 12.8. The largest absolute Gasteiger partial charge is 0.469 e. The molecule has 23 heavy (non-hydrogen) atoms. The lowest BCUT2D eigenvalue weighted by molar-refractivity contribution is -0.146. The van der Waals surface area contributed by atoms with Gasteiger partial charge in [0.1, 0.15) is 6.33 Å². The van der Waals surface area contributed by atoms with Crippen LogP contribution in [-0.2, 0) is 9.53 Å². The molecule has 3 rings (SSSR count). The van der Waals surface area contributed by atoms with E-state index in [9.17, 15) is 9.59 Å². The van der Waals surface area contributed by atoms with E-state index in [1.807, 2.05) is 0 Å². The van der Waals surface area contributed by atoms with Gasteiger partial charge in [-0.25, -0.2) is 4.98 Å². The monoisotopic (exact) mass is 315 g/mol. The van der Waals surface area contributed by atoms with E-state index >= 15 is 0 Å². The van der Waals surface area contributed by atoms with Crippen LogP contribution in [0.3, 0.4) is 0 Å². The Morgan fingerprint density at radius 1 is 1.22 bits per heavy atom. The van der Waals surface area contributed by atoms with Gasteiger partial charge >= 0.3 is 5.97 Å². The van der Waals surface area contributed by atoms with E-state index in [1.165, 1.54) is 7.11 Å². The Hall–Kier alpha value is -2.77. The molecule has 1 amide bonds. The number of hydrogen-bond donors (Lipinski definition) is 0. The molecule has 0 bridgehead atoms. The lowest BCUT2D eigenvalue weighted by atomic mass is 9.97. The molecule has 2 aromatic heterocycles. The number of carbonyl (C=O) groups is 2. The van der Waals surface area contributed by atoms with Crippen LogP contribution in [-0.4, -0.2) is 56.7 Å². The smallest absolute Gasteiger partial charge is 0.308 e. The van der Waals surface area contributed by atoms with Crippen LogP contribution in [0.4, 0.5) is 0 Å². The number of ether oxygens (including phenoxy) is 1. The summed E-state index contributed by atoms with van der Waals surface area (Å²) in [5, 5.41) is 8.04. The molecule has 0 aliphatic carbocycles. The first kappa shape index (κ1) is 15.1. The second kappa shape index (κ2) is 6.55. The first-order valence-corrected chi connectivity index (χ1v) is 7.38.